The highest BCUT2D eigenvalue weighted by molar-refractivity contribution is 6.12. The van der Waals surface area contributed by atoms with Crippen molar-refractivity contribution in [3.8, 4) is 79.2 Å². The number of para-hydroxylation sites is 3. The largest absolute Gasteiger partial charge is 0.309 e. The minimum absolute atomic E-state index is 0.652. The second-order valence-electron chi connectivity index (χ2n) is 18.1. The summed E-state index contributed by atoms with van der Waals surface area (Å²) in [6, 6.07) is 68.5. The summed E-state index contributed by atoms with van der Waals surface area (Å²) in [5, 5.41) is 4.45. The normalized spacial score (nSPS) is 11.6. The fourth-order valence-corrected chi connectivity index (χ4v) is 10.3. The Balaban J connectivity index is 1.08. The molecule has 0 N–H and O–H groups in total. The van der Waals surface area contributed by atoms with Gasteiger partial charge in [0.15, 0.2) is 17.5 Å². The topological polar surface area (TPSA) is 113 Å². The first-order chi connectivity index (χ1) is 35.3. The number of benzene rings is 8. The lowest BCUT2D eigenvalue weighted by Gasteiger charge is -2.20. The molecule has 0 aliphatic rings. The first-order valence-corrected chi connectivity index (χ1v) is 24.0. The van der Waals surface area contributed by atoms with Crippen molar-refractivity contribution in [1.29, 1.82) is 0 Å². The van der Waals surface area contributed by atoms with Gasteiger partial charge in [0.1, 0.15) is 23.3 Å². The van der Waals surface area contributed by atoms with E-state index in [1.54, 1.807) is 0 Å². The second kappa shape index (κ2) is 17.1. The number of fused-ring (bicyclic) bond motifs is 6. The molecule has 0 radical (unpaired) electrons. The number of nitrogens with zero attached hydrogens (tertiary/aromatic N) is 10. The van der Waals surface area contributed by atoms with Gasteiger partial charge in [-0.1, -0.05) is 127 Å². The Bertz CT molecular complexity index is 4170. The van der Waals surface area contributed by atoms with Gasteiger partial charge >= 0.3 is 0 Å². The molecule has 0 unspecified atom stereocenters. The summed E-state index contributed by atoms with van der Waals surface area (Å²) < 4.78 is 4.80. The van der Waals surface area contributed by atoms with Crippen LogP contribution in [-0.4, -0.2) is 49.0 Å². The van der Waals surface area contributed by atoms with Gasteiger partial charge in [0.05, 0.1) is 44.8 Å². The number of aryl methyl sites for hydroxylation is 4. The van der Waals surface area contributed by atoms with E-state index in [9.17, 15) is 0 Å². The summed E-state index contributed by atoms with van der Waals surface area (Å²) in [4.78, 5) is 38.4. The van der Waals surface area contributed by atoms with E-state index < -0.39 is 0 Å². The molecule has 0 aliphatic heterocycles. The minimum atomic E-state index is 0.652. The third-order valence-electron chi connectivity index (χ3n) is 13.4. The summed E-state index contributed by atoms with van der Waals surface area (Å²) in [7, 11) is 0. The van der Waals surface area contributed by atoms with Gasteiger partial charge in [0, 0.05) is 60.5 Å². The molecule has 5 heterocycles. The van der Waals surface area contributed by atoms with Crippen LogP contribution in [0.3, 0.4) is 0 Å². The molecule has 0 fully saturated rings. The quantitative estimate of drug-likeness (QED) is 0.148. The van der Waals surface area contributed by atoms with Crippen LogP contribution in [-0.2, 0) is 0 Å². The minimum Gasteiger partial charge on any atom is -0.309 e. The summed E-state index contributed by atoms with van der Waals surface area (Å²) in [5.41, 5.74) is 14.9. The smallest absolute Gasteiger partial charge is 0.163 e. The SMILES string of the molecule is Cc1nc(C)nc(-c2ccc3c(c2)c2ccccc2n3-c2ccccc2-c2ccc(-c3cc(-c4ccccc4)nc(-c4ccccc4)n3)cc2-n2c3ccccc3c3cc(-c4nc(C)nc(C)n4)ccc32)n1. The molecule has 5 aromatic heterocycles. The van der Waals surface area contributed by atoms with Crippen molar-refractivity contribution in [2.45, 2.75) is 27.7 Å². The first kappa shape index (κ1) is 42.6. The summed E-state index contributed by atoms with van der Waals surface area (Å²) in [6.07, 6.45) is 0. The van der Waals surface area contributed by atoms with Crippen molar-refractivity contribution >= 4 is 43.6 Å². The van der Waals surface area contributed by atoms with Gasteiger partial charge < -0.3 is 9.13 Å². The van der Waals surface area contributed by atoms with E-state index in [4.69, 9.17) is 29.9 Å². The van der Waals surface area contributed by atoms with Crippen molar-refractivity contribution in [2.24, 2.45) is 0 Å². The molecule has 0 atom stereocenters. The van der Waals surface area contributed by atoms with Crippen LogP contribution in [0.15, 0.2) is 194 Å². The highest BCUT2D eigenvalue weighted by Gasteiger charge is 2.23. The number of hydrogen-bond acceptors (Lipinski definition) is 8. The summed E-state index contributed by atoms with van der Waals surface area (Å²) in [6.45, 7) is 7.64. The fourth-order valence-electron chi connectivity index (χ4n) is 10.3. The average molecular weight is 929 g/mol. The lowest BCUT2D eigenvalue weighted by molar-refractivity contribution is 0.928. The average Bonchev–Trinajstić information content (AvgIpc) is 3.92. The zero-order valence-electron chi connectivity index (χ0n) is 39.9. The zero-order valence-corrected chi connectivity index (χ0v) is 39.9. The van der Waals surface area contributed by atoms with Crippen molar-refractivity contribution in [3.05, 3.63) is 217 Å². The molecule has 0 amide bonds. The molecule has 13 rings (SSSR count). The van der Waals surface area contributed by atoms with Gasteiger partial charge in [-0.15, -0.1) is 0 Å². The molecule has 0 aliphatic carbocycles. The summed E-state index contributed by atoms with van der Waals surface area (Å²) >= 11 is 0. The Kier molecular flexibility index (Phi) is 10.1. The van der Waals surface area contributed by atoms with E-state index in [1.165, 1.54) is 0 Å². The Labute approximate surface area is 415 Å². The van der Waals surface area contributed by atoms with Crippen LogP contribution in [0.1, 0.15) is 23.3 Å². The highest BCUT2D eigenvalue weighted by Crippen LogP contribution is 2.43. The number of hydrogen-bond donors (Lipinski definition) is 0. The lowest BCUT2D eigenvalue weighted by Crippen LogP contribution is -2.03. The van der Waals surface area contributed by atoms with E-state index in [-0.39, 0.29) is 0 Å². The lowest BCUT2D eigenvalue weighted by atomic mass is 9.97. The highest BCUT2D eigenvalue weighted by atomic mass is 15.0. The molecule has 0 bridgehead atoms. The van der Waals surface area contributed by atoms with Crippen LogP contribution in [0.2, 0.25) is 0 Å². The Hall–Kier alpha value is -9.54. The molecule has 10 nitrogen and oxygen atoms in total. The maximum Gasteiger partial charge on any atom is 0.163 e. The van der Waals surface area contributed by atoms with Gasteiger partial charge in [-0.3, -0.25) is 0 Å². The Morgan fingerprint density at radius 1 is 0.264 bits per heavy atom. The van der Waals surface area contributed by atoms with Crippen LogP contribution in [0.25, 0.3) is 123 Å². The van der Waals surface area contributed by atoms with Crippen molar-refractivity contribution in [2.75, 3.05) is 0 Å². The monoisotopic (exact) mass is 928 g/mol. The van der Waals surface area contributed by atoms with Gasteiger partial charge in [-0.2, -0.15) is 0 Å². The predicted octanol–water partition coefficient (Wildman–Crippen LogP) is 14.3. The van der Waals surface area contributed by atoms with Crippen LogP contribution in [0, 0.1) is 27.7 Å². The van der Waals surface area contributed by atoms with Crippen molar-refractivity contribution in [1.82, 2.24) is 49.0 Å². The molecule has 10 heteroatoms. The second-order valence-corrected chi connectivity index (χ2v) is 18.1. The predicted molar refractivity (Wildman–Crippen MR) is 289 cm³/mol. The van der Waals surface area contributed by atoms with Crippen LogP contribution < -0.4 is 0 Å². The number of rotatable bonds is 8. The maximum atomic E-state index is 5.32. The Morgan fingerprint density at radius 3 is 1.25 bits per heavy atom. The molecule has 342 valence electrons. The van der Waals surface area contributed by atoms with Crippen LogP contribution in [0.5, 0.6) is 0 Å². The number of aromatic nitrogens is 10. The fraction of sp³-hybridized carbons (Fsp3) is 0.0645. The van der Waals surface area contributed by atoms with Crippen LogP contribution in [0.4, 0.5) is 0 Å². The van der Waals surface area contributed by atoms with Gasteiger partial charge in [-0.05, 0) is 94.4 Å². The molecule has 0 spiro atoms. The van der Waals surface area contributed by atoms with Gasteiger partial charge in [0.2, 0.25) is 0 Å². The standard InChI is InChI=1S/C62H44N10/c1-37-63-38(2)66-61(65-37)44-28-31-57-50(33-44)47-22-12-15-25-55(47)71(57)54-24-14-11-21-46(54)49-30-27-43(53-36-52(41-17-7-5-8-18-41)69-60(70-53)42-19-9-6-10-20-42)35-59(49)72-56-26-16-13-23-48(56)51-34-45(29-32-58(51)72)62-67-39(3)64-40(4)68-62/h5-36H,1-4H3. The van der Waals surface area contributed by atoms with E-state index in [0.29, 0.717) is 40.8 Å². The van der Waals surface area contributed by atoms with E-state index in [1.807, 2.05) is 64.1 Å². The van der Waals surface area contributed by atoms with Crippen molar-refractivity contribution < 1.29 is 0 Å². The first-order valence-electron chi connectivity index (χ1n) is 24.0. The molecule has 0 saturated carbocycles. The molecule has 13 aromatic rings. The van der Waals surface area contributed by atoms with Gasteiger partial charge in [-0.25, -0.2) is 39.9 Å². The van der Waals surface area contributed by atoms with Crippen LogP contribution >= 0.6 is 0 Å². The maximum absolute atomic E-state index is 5.32. The van der Waals surface area contributed by atoms with Gasteiger partial charge in [0.25, 0.3) is 0 Å². The molecule has 72 heavy (non-hydrogen) atoms. The zero-order chi connectivity index (χ0) is 48.5. The van der Waals surface area contributed by atoms with E-state index in [2.05, 4.69) is 177 Å². The molecule has 8 aromatic carbocycles. The van der Waals surface area contributed by atoms with E-state index in [0.717, 1.165) is 105 Å². The third kappa shape index (κ3) is 7.36. The Morgan fingerprint density at radius 2 is 0.681 bits per heavy atom. The van der Waals surface area contributed by atoms with E-state index >= 15 is 0 Å². The van der Waals surface area contributed by atoms with Crippen molar-refractivity contribution in [3.63, 3.8) is 0 Å². The third-order valence-corrected chi connectivity index (χ3v) is 13.4. The molecular formula is C62H44N10. The molecular weight excluding hydrogens is 885 g/mol. The summed E-state index contributed by atoms with van der Waals surface area (Å²) in [5.74, 6) is 4.74. The molecule has 0 saturated heterocycles.